The van der Waals surface area contributed by atoms with Crippen LogP contribution in [0.4, 0.5) is 19.7 Å². The van der Waals surface area contributed by atoms with Gasteiger partial charge in [0.25, 0.3) is 12.3 Å². The van der Waals surface area contributed by atoms with E-state index in [0.717, 1.165) is 24.2 Å². The van der Waals surface area contributed by atoms with E-state index in [0.29, 0.717) is 54.2 Å². The van der Waals surface area contributed by atoms with Crippen LogP contribution in [0.2, 0.25) is 0 Å². The minimum absolute atomic E-state index is 0.164. The molecule has 0 atom stereocenters. The fourth-order valence-corrected chi connectivity index (χ4v) is 4.25. The zero-order valence-electron chi connectivity index (χ0n) is 19.3. The maximum Gasteiger partial charge on any atom is 0.280 e. The molecule has 0 radical (unpaired) electrons. The number of morpholine rings is 1. The van der Waals surface area contributed by atoms with Crippen molar-refractivity contribution in [3.63, 3.8) is 0 Å². The monoisotopic (exact) mass is 512 g/mol. The van der Waals surface area contributed by atoms with E-state index in [-0.39, 0.29) is 16.4 Å². The predicted molar refractivity (Wildman–Crippen MR) is 129 cm³/mol. The summed E-state index contributed by atoms with van der Waals surface area (Å²) in [5, 5.41) is 11.5. The van der Waals surface area contributed by atoms with Crippen LogP contribution in [0.3, 0.4) is 0 Å². The Bertz CT molecular complexity index is 1330. The molecule has 0 spiro atoms. The second-order valence-corrected chi connectivity index (χ2v) is 9.19. The Balaban J connectivity index is 1.51. The molecule has 1 saturated carbocycles. The maximum absolute atomic E-state index is 13.5. The highest BCUT2D eigenvalue weighted by Gasteiger charge is 2.23. The van der Waals surface area contributed by atoms with Crippen LogP contribution in [-0.2, 0) is 4.74 Å². The Kier molecular flexibility index (Phi) is 7.02. The van der Waals surface area contributed by atoms with E-state index < -0.39 is 18.0 Å². The SMILES string of the molecule is COc1cnc(C(F)F)cc1-c1cc(N2CCOCC2)ncc1C(=O)Nc1nnc(C#CC2CC2)s1. The Morgan fingerprint density at radius 3 is 2.72 bits per heavy atom. The number of aromatic nitrogens is 4. The Morgan fingerprint density at radius 1 is 1.19 bits per heavy atom. The number of methoxy groups -OCH3 is 1. The molecule has 0 bridgehead atoms. The fraction of sp³-hybridized carbons (Fsp3) is 0.375. The van der Waals surface area contributed by atoms with Gasteiger partial charge in [-0.25, -0.2) is 13.8 Å². The molecule has 0 aromatic carbocycles. The number of amides is 1. The van der Waals surface area contributed by atoms with E-state index in [1.165, 1.54) is 25.6 Å². The molecule has 3 aromatic heterocycles. The van der Waals surface area contributed by atoms with E-state index in [1.807, 2.05) is 4.90 Å². The van der Waals surface area contributed by atoms with Crippen molar-refractivity contribution in [2.24, 2.45) is 5.92 Å². The zero-order valence-corrected chi connectivity index (χ0v) is 20.1. The molecule has 2 fully saturated rings. The molecule has 1 amide bonds. The summed E-state index contributed by atoms with van der Waals surface area (Å²) < 4.78 is 37.8. The van der Waals surface area contributed by atoms with Crippen molar-refractivity contribution < 1.29 is 23.0 Å². The summed E-state index contributed by atoms with van der Waals surface area (Å²) in [7, 11) is 1.41. The van der Waals surface area contributed by atoms with Crippen molar-refractivity contribution in [2.75, 3.05) is 43.6 Å². The van der Waals surface area contributed by atoms with E-state index in [2.05, 4.69) is 37.3 Å². The third kappa shape index (κ3) is 5.42. The molecule has 5 rings (SSSR count). The second kappa shape index (κ2) is 10.5. The summed E-state index contributed by atoms with van der Waals surface area (Å²) in [4.78, 5) is 23.6. The van der Waals surface area contributed by atoms with Crippen LogP contribution in [0.1, 0.15) is 40.3 Å². The quantitative estimate of drug-likeness (QED) is 0.498. The third-order valence-corrected chi connectivity index (χ3v) is 6.45. The van der Waals surface area contributed by atoms with Gasteiger partial charge in [-0.15, -0.1) is 10.2 Å². The summed E-state index contributed by atoms with van der Waals surface area (Å²) in [6.45, 7) is 2.30. The number of carbonyl (C=O) groups is 1. The van der Waals surface area contributed by atoms with E-state index >= 15 is 0 Å². The lowest BCUT2D eigenvalue weighted by molar-refractivity contribution is 0.102. The largest absolute Gasteiger partial charge is 0.494 e. The number of rotatable bonds is 6. The number of hydrogen-bond acceptors (Lipinski definition) is 9. The first-order valence-electron chi connectivity index (χ1n) is 11.3. The molecule has 1 aliphatic carbocycles. The van der Waals surface area contributed by atoms with Crippen molar-refractivity contribution in [3.05, 3.63) is 40.8 Å². The average Bonchev–Trinajstić information content (AvgIpc) is 3.64. The van der Waals surface area contributed by atoms with Crippen LogP contribution >= 0.6 is 11.3 Å². The number of nitrogens with zero attached hydrogens (tertiary/aromatic N) is 5. The molecule has 1 N–H and O–H groups in total. The minimum Gasteiger partial charge on any atom is -0.494 e. The van der Waals surface area contributed by atoms with Crippen LogP contribution in [0.25, 0.3) is 11.1 Å². The smallest absolute Gasteiger partial charge is 0.280 e. The van der Waals surface area contributed by atoms with Gasteiger partial charge in [-0.1, -0.05) is 17.3 Å². The summed E-state index contributed by atoms with van der Waals surface area (Å²) in [5.41, 5.74) is 0.420. The summed E-state index contributed by atoms with van der Waals surface area (Å²) in [5.74, 6) is 6.83. The van der Waals surface area contributed by atoms with Gasteiger partial charge in [0.15, 0.2) is 5.01 Å². The number of ether oxygens (including phenoxy) is 2. The van der Waals surface area contributed by atoms with Crippen LogP contribution in [0.5, 0.6) is 5.75 Å². The van der Waals surface area contributed by atoms with Gasteiger partial charge in [0.1, 0.15) is 17.3 Å². The van der Waals surface area contributed by atoms with Gasteiger partial charge in [0.2, 0.25) is 5.13 Å². The number of alkyl halides is 2. The van der Waals surface area contributed by atoms with Gasteiger partial charge < -0.3 is 14.4 Å². The normalized spacial score (nSPS) is 15.4. The lowest BCUT2D eigenvalue weighted by Crippen LogP contribution is -2.36. The van der Waals surface area contributed by atoms with E-state index in [9.17, 15) is 13.6 Å². The standard InChI is InChI=1S/C24H22F2N6O3S/c1-34-19-13-27-18(22(25)26)10-16(19)15-11-20(32-6-8-35-9-7-32)28-12-17(15)23(33)29-24-31-30-21(36-24)5-4-14-2-3-14/h10-14,22H,2-3,6-9H2,1H3,(H,29,31,33). The van der Waals surface area contributed by atoms with Crippen LogP contribution in [0, 0.1) is 17.8 Å². The second-order valence-electron chi connectivity index (χ2n) is 8.21. The summed E-state index contributed by atoms with van der Waals surface area (Å²) >= 11 is 1.16. The van der Waals surface area contributed by atoms with Crippen LogP contribution < -0.4 is 15.0 Å². The van der Waals surface area contributed by atoms with Gasteiger partial charge in [-0.2, -0.15) is 0 Å². The number of pyridine rings is 2. The number of anilines is 2. The summed E-state index contributed by atoms with van der Waals surface area (Å²) in [6.07, 6.45) is 2.05. The lowest BCUT2D eigenvalue weighted by Gasteiger charge is -2.28. The molecule has 9 nitrogen and oxygen atoms in total. The highest BCUT2D eigenvalue weighted by molar-refractivity contribution is 7.15. The Morgan fingerprint density at radius 2 is 2.00 bits per heavy atom. The highest BCUT2D eigenvalue weighted by Crippen LogP contribution is 2.36. The molecule has 4 heterocycles. The molecule has 3 aromatic rings. The molecule has 0 unspecified atom stereocenters. The first kappa shape index (κ1) is 24.0. The molecular weight excluding hydrogens is 490 g/mol. The van der Waals surface area contributed by atoms with Gasteiger partial charge in [-0.3, -0.25) is 15.1 Å². The number of halogens is 2. The fourth-order valence-electron chi connectivity index (χ4n) is 3.65. The van der Waals surface area contributed by atoms with E-state index in [1.54, 1.807) is 6.07 Å². The molecule has 1 saturated heterocycles. The van der Waals surface area contributed by atoms with E-state index in [4.69, 9.17) is 9.47 Å². The van der Waals surface area contributed by atoms with Crippen molar-refractivity contribution in [3.8, 4) is 28.7 Å². The molecule has 36 heavy (non-hydrogen) atoms. The Labute approximate surface area is 209 Å². The van der Waals surface area contributed by atoms with Crippen LogP contribution in [0.15, 0.2) is 24.5 Å². The molecule has 12 heteroatoms. The highest BCUT2D eigenvalue weighted by atomic mass is 32.1. The third-order valence-electron chi connectivity index (χ3n) is 5.70. The first-order chi connectivity index (χ1) is 17.5. The number of carbonyl (C=O) groups excluding carboxylic acids is 1. The first-order valence-corrected chi connectivity index (χ1v) is 12.1. The van der Waals surface area contributed by atoms with Crippen molar-refractivity contribution in [1.29, 1.82) is 0 Å². The topological polar surface area (TPSA) is 102 Å². The average molecular weight is 513 g/mol. The number of hydrogen-bond donors (Lipinski definition) is 1. The predicted octanol–water partition coefficient (Wildman–Crippen LogP) is 3.79. The van der Waals surface area contributed by atoms with Gasteiger partial charge >= 0.3 is 0 Å². The van der Waals surface area contributed by atoms with Crippen LogP contribution in [-0.4, -0.2) is 59.5 Å². The Hall–Kier alpha value is -3.69. The van der Waals surface area contributed by atoms with Gasteiger partial charge in [0, 0.05) is 36.3 Å². The molecule has 1 aliphatic heterocycles. The van der Waals surface area contributed by atoms with Gasteiger partial charge in [-0.05, 0) is 30.9 Å². The molecular formula is C24H22F2N6O3S. The van der Waals surface area contributed by atoms with Crippen molar-refractivity contribution in [2.45, 2.75) is 19.3 Å². The lowest BCUT2D eigenvalue weighted by atomic mass is 9.99. The maximum atomic E-state index is 13.5. The van der Waals surface area contributed by atoms with Gasteiger partial charge in [0.05, 0.1) is 32.1 Å². The van der Waals surface area contributed by atoms with Crippen molar-refractivity contribution in [1.82, 2.24) is 20.2 Å². The summed E-state index contributed by atoms with van der Waals surface area (Å²) in [6, 6.07) is 2.93. The van der Waals surface area contributed by atoms with Crippen molar-refractivity contribution >= 4 is 28.2 Å². The molecule has 186 valence electrons. The zero-order chi connectivity index (χ0) is 25.1. The molecule has 2 aliphatic rings. The minimum atomic E-state index is -2.79. The number of nitrogens with one attached hydrogen (secondary N) is 1.